The molecular formula is C13H19BrN2S. The van der Waals surface area contributed by atoms with Crippen molar-refractivity contribution >= 4 is 33.5 Å². The van der Waals surface area contributed by atoms with Gasteiger partial charge in [-0.05, 0) is 53.6 Å². The summed E-state index contributed by atoms with van der Waals surface area (Å²) in [6.07, 6.45) is 9.47. The van der Waals surface area contributed by atoms with Gasteiger partial charge in [0.1, 0.15) is 5.82 Å². The first-order valence-electron chi connectivity index (χ1n) is 6.07. The van der Waals surface area contributed by atoms with E-state index in [1.165, 1.54) is 31.2 Å². The van der Waals surface area contributed by atoms with Gasteiger partial charge < -0.3 is 5.32 Å². The Hall–Kier alpha value is -0.220. The lowest BCUT2D eigenvalue weighted by molar-refractivity contribution is 0.638. The van der Waals surface area contributed by atoms with Gasteiger partial charge in [0.05, 0.1) is 4.47 Å². The predicted molar refractivity (Wildman–Crippen MR) is 79.9 cm³/mol. The van der Waals surface area contributed by atoms with Crippen molar-refractivity contribution < 1.29 is 0 Å². The summed E-state index contributed by atoms with van der Waals surface area (Å²) in [6.45, 7) is 3.11. The first-order valence-corrected chi connectivity index (χ1v) is 8.09. The van der Waals surface area contributed by atoms with Crippen molar-refractivity contribution in [3.8, 4) is 0 Å². The van der Waals surface area contributed by atoms with E-state index in [1.54, 1.807) is 0 Å². The van der Waals surface area contributed by atoms with Gasteiger partial charge in [0.2, 0.25) is 0 Å². The smallest absolute Gasteiger partial charge is 0.140 e. The fourth-order valence-electron chi connectivity index (χ4n) is 2.38. The highest BCUT2D eigenvalue weighted by molar-refractivity contribution is 9.10. The highest BCUT2D eigenvalue weighted by atomic mass is 79.9. The van der Waals surface area contributed by atoms with Gasteiger partial charge in [0.15, 0.2) is 0 Å². The molecule has 1 N–H and O–H groups in total. The number of thioether (sulfide) groups is 1. The van der Waals surface area contributed by atoms with E-state index < -0.39 is 0 Å². The Kier molecular flexibility index (Phi) is 4.36. The van der Waals surface area contributed by atoms with E-state index in [1.807, 2.05) is 24.0 Å². The minimum Gasteiger partial charge on any atom is -0.368 e. The summed E-state index contributed by atoms with van der Waals surface area (Å²) in [5, 5.41) is 3.51. The number of aromatic nitrogens is 1. The molecule has 0 unspecified atom stereocenters. The number of hydrogen-bond acceptors (Lipinski definition) is 3. The molecule has 0 amide bonds. The monoisotopic (exact) mass is 314 g/mol. The zero-order valence-electron chi connectivity index (χ0n) is 10.4. The molecule has 0 spiro atoms. The Bertz CT molecular complexity index is 389. The van der Waals surface area contributed by atoms with Gasteiger partial charge in [-0.25, -0.2) is 4.98 Å². The molecule has 1 aliphatic rings. The molecule has 1 aromatic heterocycles. The minimum atomic E-state index is 0.421. The van der Waals surface area contributed by atoms with Gasteiger partial charge in [0, 0.05) is 17.5 Å². The number of pyridine rings is 1. The summed E-state index contributed by atoms with van der Waals surface area (Å²) < 4.78 is 1.51. The lowest BCUT2D eigenvalue weighted by Crippen LogP contribution is -2.30. The molecule has 0 radical (unpaired) electrons. The second-order valence-electron chi connectivity index (χ2n) is 4.74. The fourth-order valence-corrected chi connectivity index (χ4v) is 3.67. The number of halogens is 1. The van der Waals surface area contributed by atoms with Gasteiger partial charge in [0.25, 0.3) is 0 Å². The van der Waals surface area contributed by atoms with E-state index in [4.69, 9.17) is 0 Å². The summed E-state index contributed by atoms with van der Waals surface area (Å²) in [6, 6.07) is 2.02. The first-order chi connectivity index (χ1) is 8.17. The summed E-state index contributed by atoms with van der Waals surface area (Å²) in [5.41, 5.74) is 1.23. The molecule has 1 fully saturated rings. The van der Waals surface area contributed by atoms with Crippen molar-refractivity contribution in [3.63, 3.8) is 0 Å². The Morgan fingerprint density at radius 2 is 2.18 bits per heavy atom. The molecule has 94 valence electrons. The molecule has 1 aromatic rings. The third kappa shape index (κ3) is 2.97. The van der Waals surface area contributed by atoms with Crippen molar-refractivity contribution in [1.29, 1.82) is 0 Å². The maximum atomic E-state index is 4.40. The Morgan fingerprint density at radius 1 is 1.47 bits per heavy atom. The Labute approximate surface area is 116 Å². The summed E-state index contributed by atoms with van der Waals surface area (Å²) in [5.74, 6) is 0.977. The minimum absolute atomic E-state index is 0.421. The second-order valence-corrected chi connectivity index (χ2v) is 6.81. The molecule has 4 heteroatoms. The maximum absolute atomic E-state index is 4.40. The molecule has 1 aliphatic carbocycles. The lowest BCUT2D eigenvalue weighted by atomic mass is 10.1. The van der Waals surface area contributed by atoms with Crippen molar-refractivity contribution in [2.45, 2.75) is 37.4 Å². The molecule has 0 aromatic carbocycles. The fraction of sp³-hybridized carbons (Fsp3) is 0.615. The SMILES string of the molecule is CSC1(CNc2nccc(C)c2Br)CCCC1. The third-order valence-corrected chi connectivity index (χ3v) is 6.03. The van der Waals surface area contributed by atoms with E-state index in [-0.39, 0.29) is 0 Å². The van der Waals surface area contributed by atoms with Crippen LogP contribution < -0.4 is 5.32 Å². The Balaban J connectivity index is 2.04. The van der Waals surface area contributed by atoms with Gasteiger partial charge in [-0.1, -0.05) is 12.8 Å². The first kappa shape index (κ1) is 13.2. The lowest BCUT2D eigenvalue weighted by Gasteiger charge is -2.27. The quantitative estimate of drug-likeness (QED) is 0.899. The van der Waals surface area contributed by atoms with Crippen molar-refractivity contribution in [3.05, 3.63) is 22.3 Å². The number of nitrogens with one attached hydrogen (secondary N) is 1. The largest absolute Gasteiger partial charge is 0.368 e. The van der Waals surface area contributed by atoms with Gasteiger partial charge in [-0.15, -0.1) is 0 Å². The second kappa shape index (κ2) is 5.61. The van der Waals surface area contributed by atoms with Crippen molar-refractivity contribution in [2.75, 3.05) is 18.1 Å². The van der Waals surface area contributed by atoms with Crippen LogP contribution in [0, 0.1) is 6.92 Å². The van der Waals surface area contributed by atoms with Crippen LogP contribution >= 0.6 is 27.7 Å². The van der Waals surface area contributed by atoms with Crippen LogP contribution in [0.25, 0.3) is 0 Å². The van der Waals surface area contributed by atoms with E-state index in [9.17, 15) is 0 Å². The molecule has 17 heavy (non-hydrogen) atoms. The molecule has 1 heterocycles. The van der Waals surface area contributed by atoms with Crippen LogP contribution in [0.5, 0.6) is 0 Å². The zero-order chi connectivity index (χ0) is 12.3. The average molecular weight is 315 g/mol. The van der Waals surface area contributed by atoms with Gasteiger partial charge >= 0.3 is 0 Å². The molecular weight excluding hydrogens is 296 g/mol. The molecule has 2 nitrogen and oxygen atoms in total. The van der Waals surface area contributed by atoms with E-state index >= 15 is 0 Å². The van der Waals surface area contributed by atoms with Crippen LogP contribution in [0.1, 0.15) is 31.2 Å². The van der Waals surface area contributed by atoms with Crippen molar-refractivity contribution in [1.82, 2.24) is 4.98 Å². The molecule has 2 rings (SSSR count). The van der Waals surface area contributed by atoms with Gasteiger partial charge in [-0.2, -0.15) is 11.8 Å². The van der Waals surface area contributed by atoms with Gasteiger partial charge in [-0.3, -0.25) is 0 Å². The number of anilines is 1. The molecule has 1 saturated carbocycles. The van der Waals surface area contributed by atoms with Crippen LogP contribution in [0.15, 0.2) is 16.7 Å². The summed E-state index contributed by atoms with van der Waals surface area (Å²) >= 11 is 5.60. The third-order valence-electron chi connectivity index (χ3n) is 3.61. The normalized spacial score (nSPS) is 18.3. The highest BCUT2D eigenvalue weighted by Gasteiger charge is 2.32. The molecule has 0 atom stereocenters. The molecule has 0 bridgehead atoms. The van der Waals surface area contributed by atoms with E-state index in [0.717, 1.165) is 16.8 Å². The highest BCUT2D eigenvalue weighted by Crippen LogP contribution is 2.40. The summed E-state index contributed by atoms with van der Waals surface area (Å²) in [7, 11) is 0. The topological polar surface area (TPSA) is 24.9 Å². The molecule has 0 saturated heterocycles. The number of hydrogen-bond donors (Lipinski definition) is 1. The number of aryl methyl sites for hydroxylation is 1. The van der Waals surface area contributed by atoms with Crippen LogP contribution in [-0.2, 0) is 0 Å². The average Bonchev–Trinajstić information content (AvgIpc) is 2.81. The summed E-state index contributed by atoms with van der Waals surface area (Å²) in [4.78, 5) is 4.40. The van der Waals surface area contributed by atoms with E-state index in [0.29, 0.717) is 4.75 Å². The Morgan fingerprint density at radius 3 is 2.82 bits per heavy atom. The number of nitrogens with zero attached hydrogens (tertiary/aromatic N) is 1. The standard InChI is InChI=1S/C13H19BrN2S/c1-10-5-8-15-12(11(10)14)16-9-13(17-2)6-3-4-7-13/h5,8H,3-4,6-7,9H2,1-2H3,(H,15,16). The molecule has 0 aliphatic heterocycles. The van der Waals surface area contributed by atoms with Crippen LogP contribution in [0.3, 0.4) is 0 Å². The van der Waals surface area contributed by atoms with Crippen LogP contribution in [-0.4, -0.2) is 22.5 Å². The van der Waals surface area contributed by atoms with E-state index in [2.05, 4.69) is 39.4 Å². The number of rotatable bonds is 4. The van der Waals surface area contributed by atoms with Crippen LogP contribution in [0.2, 0.25) is 0 Å². The van der Waals surface area contributed by atoms with Crippen LogP contribution in [0.4, 0.5) is 5.82 Å². The van der Waals surface area contributed by atoms with Crippen molar-refractivity contribution in [2.24, 2.45) is 0 Å². The maximum Gasteiger partial charge on any atom is 0.140 e. The zero-order valence-corrected chi connectivity index (χ0v) is 12.8. The predicted octanol–water partition coefficient (Wildman–Crippen LogP) is 4.24.